The van der Waals surface area contributed by atoms with Crippen molar-refractivity contribution in [3.05, 3.63) is 35.4 Å². The van der Waals surface area contributed by atoms with Gasteiger partial charge in [-0.3, -0.25) is 0 Å². The minimum atomic E-state index is -5.56. The van der Waals surface area contributed by atoms with E-state index < -0.39 is 32.6 Å². The molecule has 1 aromatic carbocycles. The fourth-order valence-electron chi connectivity index (χ4n) is 2.76. The Morgan fingerprint density at radius 3 is 1.84 bits per heavy atom. The number of hydrogen-bond acceptors (Lipinski definition) is 7. The zero-order valence-corrected chi connectivity index (χ0v) is 24.9. The number of hydrogen-bond donors (Lipinski definition) is 1. The van der Waals surface area contributed by atoms with Crippen LogP contribution in [0.1, 0.15) is 24.0 Å². The van der Waals surface area contributed by atoms with E-state index in [1.165, 1.54) is 0 Å². The van der Waals surface area contributed by atoms with Gasteiger partial charge in [-0.05, 0) is 36.8 Å². The molecule has 118 valence electrons. The van der Waals surface area contributed by atoms with Crippen LogP contribution in [0.4, 0.5) is 0 Å². The summed E-state index contributed by atoms with van der Waals surface area (Å²) in [6.45, 7) is 0. The molecular formula is C12H15NNa4O6P2. The molecule has 1 atom stereocenters. The van der Waals surface area contributed by atoms with E-state index in [9.17, 15) is 28.7 Å². The molecule has 2 rings (SSSR count). The van der Waals surface area contributed by atoms with Gasteiger partial charge in [-0.15, -0.1) is 0 Å². The molecule has 0 saturated heterocycles. The van der Waals surface area contributed by atoms with Crippen LogP contribution in [-0.2, 0) is 22.0 Å². The van der Waals surface area contributed by atoms with Crippen LogP contribution >= 0.6 is 15.2 Å². The Balaban J connectivity index is -0.00000121. The van der Waals surface area contributed by atoms with Crippen molar-refractivity contribution in [1.82, 2.24) is 0 Å². The van der Waals surface area contributed by atoms with Crippen molar-refractivity contribution in [3.8, 4) is 0 Å². The molecule has 2 N–H and O–H groups in total. The Morgan fingerprint density at radius 2 is 1.40 bits per heavy atom. The minimum absolute atomic E-state index is 0. The average Bonchev–Trinajstić information content (AvgIpc) is 2.33. The van der Waals surface area contributed by atoms with Crippen LogP contribution < -0.4 is 144 Å². The first-order valence-corrected chi connectivity index (χ1v) is 9.63. The molecule has 0 aliphatic heterocycles. The summed E-state index contributed by atoms with van der Waals surface area (Å²) in [5.74, 6) is 0. The molecule has 7 nitrogen and oxygen atoms in total. The first-order chi connectivity index (χ1) is 9.51. The third kappa shape index (κ3) is 9.89. The third-order valence-corrected chi connectivity index (χ3v) is 7.39. The number of fused-ring (bicyclic) bond motifs is 1. The monoisotopic (exact) mass is 423 g/mol. The van der Waals surface area contributed by atoms with Crippen molar-refractivity contribution in [2.45, 2.75) is 36.6 Å². The molecule has 1 aliphatic rings. The number of benzene rings is 1. The Labute approximate surface area is 236 Å². The van der Waals surface area contributed by atoms with Crippen LogP contribution in [0.3, 0.4) is 0 Å². The van der Waals surface area contributed by atoms with Gasteiger partial charge in [0.05, 0.1) is 0 Å². The van der Waals surface area contributed by atoms with Gasteiger partial charge in [-0.2, -0.15) is 0 Å². The standard InChI is InChI=1S/C12H19NO6P2.4Na/c13-12(8-11(20(14,15)16)21(17,18)19)6-5-9-3-1-2-4-10(9)7-12;;;;/h1-4,11H,5-8,13H2,(H2,14,15,16)(H2,17,18,19);;;;/q;4*+1/p-4. The molecular weight excluding hydrogens is 408 g/mol. The van der Waals surface area contributed by atoms with Gasteiger partial charge < -0.3 is 34.4 Å². The Bertz CT molecular complexity index is 618. The fourth-order valence-corrected chi connectivity index (χ4v) is 5.32. The maximum absolute atomic E-state index is 11.1. The summed E-state index contributed by atoms with van der Waals surface area (Å²) in [7, 11) is -11.1. The Kier molecular flexibility index (Phi) is 17.2. The maximum atomic E-state index is 11.1. The molecule has 0 heterocycles. The predicted octanol–water partition coefficient (Wildman–Crippen LogP) is -13.6. The van der Waals surface area contributed by atoms with Crippen LogP contribution in [0.2, 0.25) is 0 Å². The zero-order valence-electron chi connectivity index (χ0n) is 15.1. The quantitative estimate of drug-likeness (QED) is 0.373. The van der Waals surface area contributed by atoms with Gasteiger partial charge >= 0.3 is 118 Å². The van der Waals surface area contributed by atoms with Gasteiger partial charge in [-0.25, -0.2) is 0 Å². The molecule has 0 saturated carbocycles. The summed E-state index contributed by atoms with van der Waals surface area (Å²) >= 11 is 0. The molecule has 1 aromatic rings. The first-order valence-electron chi connectivity index (χ1n) is 6.40. The largest absolute Gasteiger partial charge is 1.00 e. The van der Waals surface area contributed by atoms with Gasteiger partial charge in [0.15, 0.2) is 0 Å². The van der Waals surface area contributed by atoms with E-state index in [1.54, 1.807) is 6.07 Å². The molecule has 0 radical (unpaired) electrons. The smallest absolute Gasteiger partial charge is 0.810 e. The third-order valence-electron chi connectivity index (χ3n) is 3.87. The zero-order chi connectivity index (χ0) is 15.9. The molecule has 0 fully saturated rings. The summed E-state index contributed by atoms with van der Waals surface area (Å²) in [6, 6.07) is 7.37. The fraction of sp³-hybridized carbons (Fsp3) is 0.500. The average molecular weight is 423 g/mol. The summed E-state index contributed by atoms with van der Waals surface area (Å²) in [5.41, 5.74) is 6.81. The van der Waals surface area contributed by atoms with Crippen LogP contribution in [0.5, 0.6) is 0 Å². The molecule has 0 spiro atoms. The van der Waals surface area contributed by atoms with Crippen LogP contribution in [0.15, 0.2) is 24.3 Å². The van der Waals surface area contributed by atoms with E-state index in [0.717, 1.165) is 11.1 Å². The number of aryl methyl sites for hydroxylation is 1. The van der Waals surface area contributed by atoms with Crippen molar-refractivity contribution >= 4 is 15.2 Å². The van der Waals surface area contributed by atoms with Crippen molar-refractivity contribution in [2.24, 2.45) is 5.73 Å². The van der Waals surface area contributed by atoms with E-state index in [0.29, 0.717) is 12.8 Å². The van der Waals surface area contributed by atoms with E-state index in [4.69, 9.17) is 5.73 Å². The summed E-state index contributed by atoms with van der Waals surface area (Å²) in [4.78, 5) is 44.3. The second kappa shape index (κ2) is 13.0. The molecule has 0 amide bonds. The maximum Gasteiger partial charge on any atom is 1.00 e. The normalized spacial score (nSPS) is 19.4. The van der Waals surface area contributed by atoms with Gasteiger partial charge in [0.2, 0.25) is 0 Å². The first kappa shape index (κ1) is 33.1. The van der Waals surface area contributed by atoms with E-state index in [-0.39, 0.29) is 125 Å². The Morgan fingerprint density at radius 1 is 0.960 bits per heavy atom. The van der Waals surface area contributed by atoms with E-state index in [1.807, 2.05) is 18.2 Å². The summed E-state index contributed by atoms with van der Waals surface area (Å²) in [6.07, 6.45) is 0.444. The van der Waals surface area contributed by atoms with Crippen LogP contribution in [0, 0.1) is 0 Å². The number of rotatable bonds is 4. The molecule has 0 aromatic heterocycles. The summed E-state index contributed by atoms with van der Waals surface area (Å²) in [5, 5.41) is -2.49. The van der Waals surface area contributed by atoms with Crippen molar-refractivity contribution in [3.63, 3.8) is 0 Å². The Hall–Kier alpha value is 3.48. The van der Waals surface area contributed by atoms with E-state index in [2.05, 4.69) is 0 Å². The van der Waals surface area contributed by atoms with E-state index >= 15 is 0 Å². The minimum Gasteiger partial charge on any atom is -0.810 e. The van der Waals surface area contributed by atoms with Gasteiger partial charge in [0.1, 0.15) is 0 Å². The van der Waals surface area contributed by atoms with Crippen molar-refractivity contribution in [2.75, 3.05) is 0 Å². The van der Waals surface area contributed by atoms with Gasteiger partial charge in [-0.1, -0.05) is 39.5 Å². The SMILES string of the molecule is NC1(CC(P(=O)([O-])[O-])P(=O)([O-])[O-])CCc2ccccc2C1.[Na+].[Na+].[Na+].[Na+]. The second-order valence-electron chi connectivity index (χ2n) is 5.57. The molecule has 1 unspecified atom stereocenters. The van der Waals surface area contributed by atoms with Gasteiger partial charge in [0, 0.05) is 10.9 Å². The molecule has 0 bridgehead atoms. The second-order valence-corrected chi connectivity index (χ2v) is 9.39. The topological polar surface area (TPSA) is 152 Å². The number of nitrogens with two attached hydrogens (primary N) is 1. The van der Waals surface area contributed by atoms with Crippen molar-refractivity contribution in [1.29, 1.82) is 0 Å². The van der Waals surface area contributed by atoms with Crippen LogP contribution in [0.25, 0.3) is 0 Å². The van der Waals surface area contributed by atoms with Crippen molar-refractivity contribution < 1.29 is 147 Å². The molecule has 25 heavy (non-hydrogen) atoms. The molecule has 13 heteroatoms. The molecule has 1 aliphatic carbocycles. The van der Waals surface area contributed by atoms with Gasteiger partial charge in [0.25, 0.3) is 0 Å². The predicted molar refractivity (Wildman–Crippen MR) is 69.0 cm³/mol. The van der Waals surface area contributed by atoms with Crippen LogP contribution in [-0.4, -0.2) is 10.9 Å². The summed E-state index contributed by atoms with van der Waals surface area (Å²) < 4.78 is 22.2.